The van der Waals surface area contributed by atoms with E-state index in [2.05, 4.69) is 60.8 Å². The van der Waals surface area contributed by atoms with E-state index in [1.807, 2.05) is 12.1 Å². The number of aromatic hydroxyl groups is 1. The molecule has 4 heteroatoms. The van der Waals surface area contributed by atoms with Crippen LogP contribution in [0, 0.1) is 0 Å². The third-order valence-electron chi connectivity index (χ3n) is 8.67. The van der Waals surface area contributed by atoms with Crippen molar-refractivity contribution in [3.05, 3.63) is 88.5 Å². The molecule has 0 radical (unpaired) electrons. The molecule has 2 atom stereocenters. The van der Waals surface area contributed by atoms with Crippen LogP contribution >= 0.6 is 0 Å². The molecule has 2 aliphatic rings. The molecule has 5 rings (SSSR count). The van der Waals surface area contributed by atoms with Crippen LogP contribution in [0.3, 0.4) is 0 Å². The van der Waals surface area contributed by atoms with Gasteiger partial charge in [0.2, 0.25) is 0 Å². The van der Waals surface area contributed by atoms with E-state index in [9.17, 15) is 5.11 Å². The summed E-state index contributed by atoms with van der Waals surface area (Å²) in [6.07, 6.45) is 11.3. The Kier molecular flexibility index (Phi) is 9.52. The first-order valence-electron chi connectivity index (χ1n) is 14.7. The fourth-order valence-corrected chi connectivity index (χ4v) is 11.3. The molecule has 0 bridgehead atoms. The molecule has 1 fully saturated rings. The van der Waals surface area contributed by atoms with E-state index in [0.29, 0.717) is 11.7 Å². The van der Waals surface area contributed by atoms with Gasteiger partial charge in [-0.3, -0.25) is 0 Å². The zero-order valence-electron chi connectivity index (χ0n) is 23.2. The molecule has 0 spiro atoms. The molecular weight excluding hydrogens is 529 g/mol. The third-order valence-corrected chi connectivity index (χ3v) is 14.1. The first-order valence-corrected chi connectivity index (χ1v) is 18.3. The van der Waals surface area contributed by atoms with Gasteiger partial charge in [-0.25, -0.2) is 0 Å². The summed E-state index contributed by atoms with van der Waals surface area (Å²) in [6.45, 7) is 3.47. The molecule has 3 aromatic rings. The predicted octanol–water partition coefficient (Wildman–Crippen LogP) is 6.64. The minimum absolute atomic E-state index is 0.387. The van der Waals surface area contributed by atoms with Gasteiger partial charge in [-0.05, 0) is 0 Å². The van der Waals surface area contributed by atoms with Gasteiger partial charge in [-0.2, -0.15) is 0 Å². The standard InChI is InChI=1S/C34H44AsNO2/c1-3-35(24-26-11-9-25(10-12-26)19-20-36-30-7-5-4-6-8-30)34-23-32(38-2)17-18-33(34)29-14-13-28-22-31(37)16-15-27(28)21-29/h9-12,15-18,22-23,29-30,36-37H,3-8,13-14,19-21,24H2,1-2H3/t29-,35?/m1/s1. The maximum atomic E-state index is 9.92. The second-order valence-electron chi connectivity index (χ2n) is 11.2. The van der Waals surface area contributed by atoms with E-state index in [0.717, 1.165) is 44.0 Å². The van der Waals surface area contributed by atoms with Crippen LogP contribution in [0.2, 0.25) is 5.21 Å². The van der Waals surface area contributed by atoms with E-state index in [-0.39, 0.29) is 0 Å². The van der Waals surface area contributed by atoms with Crippen molar-refractivity contribution < 1.29 is 9.84 Å². The van der Waals surface area contributed by atoms with Gasteiger partial charge < -0.3 is 0 Å². The second kappa shape index (κ2) is 13.2. The topological polar surface area (TPSA) is 41.5 Å². The Morgan fingerprint density at radius 3 is 2.45 bits per heavy atom. The maximum absolute atomic E-state index is 9.92. The van der Waals surface area contributed by atoms with Crippen molar-refractivity contribution in [2.75, 3.05) is 13.7 Å². The van der Waals surface area contributed by atoms with Crippen LogP contribution in [-0.2, 0) is 24.5 Å². The predicted molar refractivity (Wildman–Crippen MR) is 160 cm³/mol. The van der Waals surface area contributed by atoms with Crippen molar-refractivity contribution >= 4 is 19.0 Å². The summed E-state index contributed by atoms with van der Waals surface area (Å²) in [5.41, 5.74) is 7.17. The fourth-order valence-electron chi connectivity index (χ4n) is 6.40. The van der Waals surface area contributed by atoms with Gasteiger partial charge in [0.15, 0.2) is 0 Å². The molecule has 0 heterocycles. The van der Waals surface area contributed by atoms with E-state index in [1.165, 1.54) is 70.3 Å². The number of fused-ring (bicyclic) bond motifs is 1. The Balaban J connectivity index is 1.27. The summed E-state index contributed by atoms with van der Waals surface area (Å²) < 4.78 is 7.29. The number of rotatable bonds is 10. The molecule has 2 aliphatic carbocycles. The molecule has 2 N–H and O–H groups in total. The van der Waals surface area contributed by atoms with Crippen molar-refractivity contribution in [3.8, 4) is 11.5 Å². The van der Waals surface area contributed by atoms with Gasteiger partial charge in [0.05, 0.1) is 0 Å². The summed E-state index contributed by atoms with van der Waals surface area (Å²) in [5, 5.41) is 16.2. The van der Waals surface area contributed by atoms with Crippen LogP contribution in [0.25, 0.3) is 0 Å². The van der Waals surface area contributed by atoms with Crippen molar-refractivity contribution in [1.29, 1.82) is 0 Å². The van der Waals surface area contributed by atoms with Gasteiger partial charge >= 0.3 is 235 Å². The Morgan fingerprint density at radius 2 is 1.68 bits per heavy atom. The number of methoxy groups -OCH3 is 1. The van der Waals surface area contributed by atoms with E-state index in [1.54, 1.807) is 11.5 Å². The van der Waals surface area contributed by atoms with Crippen LogP contribution in [0.5, 0.6) is 11.5 Å². The third kappa shape index (κ3) is 6.85. The minimum atomic E-state index is -1.32. The quantitative estimate of drug-likeness (QED) is 0.267. The molecule has 1 saturated carbocycles. The molecule has 0 aromatic heterocycles. The van der Waals surface area contributed by atoms with E-state index < -0.39 is 14.7 Å². The van der Waals surface area contributed by atoms with Gasteiger partial charge in [-0.1, -0.05) is 0 Å². The van der Waals surface area contributed by atoms with Crippen LogP contribution in [0.15, 0.2) is 60.7 Å². The van der Waals surface area contributed by atoms with Crippen LogP contribution in [0.1, 0.15) is 79.2 Å². The van der Waals surface area contributed by atoms with Crippen LogP contribution < -0.4 is 14.4 Å². The van der Waals surface area contributed by atoms with Crippen molar-refractivity contribution in [2.24, 2.45) is 0 Å². The van der Waals surface area contributed by atoms with Crippen molar-refractivity contribution in [2.45, 2.75) is 87.1 Å². The molecule has 0 amide bonds. The number of hydrogen-bond acceptors (Lipinski definition) is 3. The SMILES string of the molecule is CC[As](Cc1ccc(CCNC2CCCCC2)cc1)c1cc(OC)ccc1[C@@H]1CCc2cc(O)ccc2C1. The number of ether oxygens (including phenoxy) is 1. The summed E-state index contributed by atoms with van der Waals surface area (Å²) in [4.78, 5) is 0. The number of phenolic OH excluding ortho intramolecular Hbond substituents is 1. The summed E-state index contributed by atoms with van der Waals surface area (Å²) >= 11 is -1.32. The first-order chi connectivity index (χ1) is 18.6. The molecule has 3 nitrogen and oxygen atoms in total. The molecule has 3 aromatic carbocycles. The molecule has 1 unspecified atom stereocenters. The van der Waals surface area contributed by atoms with Gasteiger partial charge in [0.25, 0.3) is 0 Å². The zero-order valence-corrected chi connectivity index (χ0v) is 25.1. The average Bonchev–Trinajstić information content (AvgIpc) is 2.96. The Labute approximate surface area is 234 Å². The van der Waals surface area contributed by atoms with E-state index in [4.69, 9.17) is 4.74 Å². The Bertz CT molecular complexity index is 1190. The van der Waals surface area contributed by atoms with Crippen LogP contribution in [0.4, 0.5) is 0 Å². The normalized spacial score (nSPS) is 18.6. The number of hydrogen-bond donors (Lipinski definition) is 2. The number of aryl methyl sites for hydroxylation is 1. The average molecular weight is 574 g/mol. The summed E-state index contributed by atoms with van der Waals surface area (Å²) in [5.74, 6) is 1.91. The molecule has 0 saturated heterocycles. The summed E-state index contributed by atoms with van der Waals surface area (Å²) in [6, 6.07) is 23.0. The van der Waals surface area contributed by atoms with Gasteiger partial charge in [-0.15, -0.1) is 0 Å². The first kappa shape index (κ1) is 27.3. The molecular formula is C34H44AsNO2. The second-order valence-corrected chi connectivity index (χ2v) is 16.5. The Morgan fingerprint density at radius 1 is 0.895 bits per heavy atom. The molecule has 0 aliphatic heterocycles. The molecule has 38 heavy (non-hydrogen) atoms. The van der Waals surface area contributed by atoms with E-state index >= 15 is 0 Å². The zero-order chi connectivity index (χ0) is 26.3. The summed E-state index contributed by atoms with van der Waals surface area (Å²) in [7, 11) is 1.78. The van der Waals surface area contributed by atoms with Crippen molar-refractivity contribution in [3.63, 3.8) is 0 Å². The Hall–Kier alpha value is -2.22. The van der Waals surface area contributed by atoms with Crippen molar-refractivity contribution in [1.82, 2.24) is 5.32 Å². The van der Waals surface area contributed by atoms with Crippen LogP contribution in [-0.4, -0.2) is 39.5 Å². The number of benzene rings is 3. The fraction of sp³-hybridized carbons (Fsp3) is 0.471. The monoisotopic (exact) mass is 573 g/mol. The number of nitrogens with one attached hydrogen (secondary N) is 1. The number of phenols is 1. The van der Waals surface area contributed by atoms with Gasteiger partial charge in [0.1, 0.15) is 0 Å². The molecule has 202 valence electrons. The van der Waals surface area contributed by atoms with Gasteiger partial charge in [0, 0.05) is 0 Å².